The second-order valence-corrected chi connectivity index (χ2v) is 2.98. The average Bonchev–Trinajstić information content (AvgIpc) is 2.04. The first-order chi connectivity index (χ1) is 5.77. The Hall–Kier alpha value is -1.44. The molecule has 0 bridgehead atoms. The Balaban J connectivity index is 2.90. The molecule has 0 aliphatic carbocycles. The number of hydrogen-bond acceptors (Lipinski definition) is 1. The lowest BCUT2D eigenvalue weighted by Gasteiger charge is -2.03. The van der Waals surface area contributed by atoms with Crippen molar-refractivity contribution in [3.63, 3.8) is 0 Å². The van der Waals surface area contributed by atoms with Crippen LogP contribution in [0.1, 0.15) is 13.3 Å². The van der Waals surface area contributed by atoms with Crippen LogP contribution >= 0.6 is 0 Å². The molecule has 0 spiro atoms. The van der Waals surface area contributed by atoms with E-state index in [2.05, 4.69) is 4.99 Å². The number of para-hydroxylation sites is 1. The van der Waals surface area contributed by atoms with Crippen molar-refractivity contribution in [3.05, 3.63) is 34.8 Å². The van der Waals surface area contributed by atoms with Gasteiger partial charge < -0.3 is 0 Å². The molecule has 0 unspecified atom stereocenters. The van der Waals surface area contributed by atoms with E-state index in [0.717, 1.165) is 16.1 Å². The predicted octanol–water partition coefficient (Wildman–Crippen LogP) is 0.407. The summed E-state index contributed by atoms with van der Waals surface area (Å²) < 4.78 is 0. The molecule has 0 saturated heterocycles. The maximum absolute atomic E-state index is 11.0. The molecule has 0 saturated carbocycles. The van der Waals surface area contributed by atoms with Crippen molar-refractivity contribution in [2.24, 2.45) is 4.99 Å². The summed E-state index contributed by atoms with van der Waals surface area (Å²) in [6.07, 6.45) is 0.469. The van der Waals surface area contributed by atoms with Crippen molar-refractivity contribution in [2.45, 2.75) is 13.3 Å². The van der Waals surface area contributed by atoms with E-state index in [9.17, 15) is 4.79 Å². The third kappa shape index (κ3) is 1.05. The summed E-state index contributed by atoms with van der Waals surface area (Å²) >= 11 is 0. The Morgan fingerprint density at radius 1 is 1.33 bits per heavy atom. The Morgan fingerprint density at radius 3 is 2.92 bits per heavy atom. The fourth-order valence-corrected chi connectivity index (χ4v) is 1.43. The summed E-state index contributed by atoms with van der Waals surface area (Å²) in [5, 5.41) is 1.92. The number of nitrogens with zero attached hydrogens (tertiary/aromatic N) is 1. The number of hydrogen-bond donors (Lipinski definition) is 0. The summed E-state index contributed by atoms with van der Waals surface area (Å²) in [7, 11) is 0. The molecule has 0 atom stereocenters. The first kappa shape index (κ1) is 7.22. The van der Waals surface area contributed by atoms with Gasteiger partial charge in [0, 0.05) is 0 Å². The van der Waals surface area contributed by atoms with Crippen LogP contribution in [0.25, 0.3) is 5.57 Å². The molecule has 1 amide bonds. The highest BCUT2D eigenvalue weighted by molar-refractivity contribution is 5.85. The third-order valence-electron chi connectivity index (χ3n) is 2.03. The Kier molecular flexibility index (Phi) is 1.54. The number of carbonyl (C=O) groups excluding carboxylic acids is 1. The van der Waals surface area contributed by atoms with E-state index < -0.39 is 0 Å². The number of carbonyl (C=O) groups is 1. The number of benzene rings is 1. The molecule has 1 aliphatic rings. The maximum atomic E-state index is 11.0. The van der Waals surface area contributed by atoms with Crippen molar-refractivity contribution in [1.82, 2.24) is 0 Å². The molecular weight excluding hydrogens is 150 g/mol. The monoisotopic (exact) mass is 159 g/mol. The lowest BCUT2D eigenvalue weighted by atomic mass is 10.1. The first-order valence-electron chi connectivity index (χ1n) is 3.94. The van der Waals surface area contributed by atoms with Crippen LogP contribution in [-0.4, -0.2) is 5.91 Å². The van der Waals surface area contributed by atoms with Gasteiger partial charge in [0.05, 0.1) is 11.8 Å². The minimum Gasteiger partial charge on any atom is -0.272 e. The molecule has 0 N–H and O–H groups in total. The van der Waals surface area contributed by atoms with Crippen LogP contribution in [0.5, 0.6) is 0 Å². The molecule has 12 heavy (non-hydrogen) atoms. The van der Waals surface area contributed by atoms with Crippen LogP contribution in [0.15, 0.2) is 29.3 Å². The van der Waals surface area contributed by atoms with Crippen LogP contribution in [-0.2, 0) is 4.79 Å². The number of fused-ring (bicyclic) bond motifs is 1. The molecule has 60 valence electrons. The number of amides is 1. The lowest BCUT2D eigenvalue weighted by molar-refractivity contribution is -0.117. The second-order valence-electron chi connectivity index (χ2n) is 2.98. The van der Waals surface area contributed by atoms with Gasteiger partial charge in [0.1, 0.15) is 0 Å². The van der Waals surface area contributed by atoms with Gasteiger partial charge in [-0.25, -0.2) is 4.99 Å². The van der Waals surface area contributed by atoms with Gasteiger partial charge in [-0.15, -0.1) is 0 Å². The highest BCUT2D eigenvalue weighted by atomic mass is 16.1. The molecule has 2 nitrogen and oxygen atoms in total. The maximum Gasteiger partial charge on any atom is 0.250 e. The normalized spacial score (nSPS) is 15.4. The minimum atomic E-state index is -0.0359. The van der Waals surface area contributed by atoms with Gasteiger partial charge in [-0.3, -0.25) is 4.79 Å². The molecule has 2 rings (SSSR count). The van der Waals surface area contributed by atoms with E-state index in [4.69, 9.17) is 0 Å². The van der Waals surface area contributed by atoms with E-state index in [1.807, 2.05) is 31.2 Å². The van der Waals surface area contributed by atoms with Crippen LogP contribution in [0.4, 0.5) is 0 Å². The molecule has 1 aromatic carbocycles. The summed E-state index contributed by atoms with van der Waals surface area (Å²) in [5.41, 5.74) is 1.12. The van der Waals surface area contributed by atoms with Crippen LogP contribution in [0.3, 0.4) is 0 Å². The highest BCUT2D eigenvalue weighted by Crippen LogP contribution is 2.01. The predicted molar refractivity (Wildman–Crippen MR) is 45.9 cm³/mol. The summed E-state index contributed by atoms with van der Waals surface area (Å²) in [5.74, 6) is -0.0359. The average molecular weight is 159 g/mol. The third-order valence-corrected chi connectivity index (χ3v) is 2.03. The summed E-state index contributed by atoms with van der Waals surface area (Å²) in [4.78, 5) is 15.0. The Labute approximate surface area is 70.3 Å². The van der Waals surface area contributed by atoms with Gasteiger partial charge in [-0.2, -0.15) is 0 Å². The van der Waals surface area contributed by atoms with Gasteiger partial charge in [0.2, 0.25) is 5.91 Å². The molecule has 1 aromatic rings. The zero-order chi connectivity index (χ0) is 8.55. The van der Waals surface area contributed by atoms with Crippen LogP contribution < -0.4 is 10.6 Å². The highest BCUT2D eigenvalue weighted by Gasteiger charge is 2.06. The largest absolute Gasteiger partial charge is 0.272 e. The van der Waals surface area contributed by atoms with Crippen LogP contribution in [0, 0.1) is 0 Å². The lowest BCUT2D eigenvalue weighted by Crippen LogP contribution is -2.31. The smallest absolute Gasteiger partial charge is 0.250 e. The molecule has 1 heterocycles. The number of rotatable bonds is 0. The standard InChI is InChI=1S/C10H9NO/c1-7-6-10(12)11-9-5-3-2-4-8(7)9/h2-5H,6H2,1H3. The van der Waals surface area contributed by atoms with E-state index >= 15 is 0 Å². The minimum absolute atomic E-state index is 0.0359. The van der Waals surface area contributed by atoms with Crippen molar-refractivity contribution in [1.29, 1.82) is 0 Å². The van der Waals surface area contributed by atoms with Crippen molar-refractivity contribution in [3.8, 4) is 0 Å². The summed E-state index contributed by atoms with van der Waals surface area (Å²) in [6.45, 7) is 1.98. The topological polar surface area (TPSA) is 29.4 Å². The molecule has 1 aliphatic heterocycles. The molecule has 0 fully saturated rings. The second kappa shape index (κ2) is 2.55. The molecule has 2 heteroatoms. The zero-order valence-electron chi connectivity index (χ0n) is 6.87. The van der Waals surface area contributed by atoms with Gasteiger partial charge in [-0.05, 0) is 18.2 Å². The quantitative estimate of drug-likeness (QED) is 0.539. The molecule has 0 radical (unpaired) electrons. The first-order valence-corrected chi connectivity index (χ1v) is 3.94. The van der Waals surface area contributed by atoms with Crippen molar-refractivity contribution >= 4 is 11.5 Å². The van der Waals surface area contributed by atoms with Gasteiger partial charge >= 0.3 is 0 Å². The SMILES string of the molecule is CC1=c2ccccc2=NC(=O)C1. The van der Waals surface area contributed by atoms with E-state index in [-0.39, 0.29) is 5.91 Å². The van der Waals surface area contributed by atoms with E-state index in [1.165, 1.54) is 0 Å². The fourth-order valence-electron chi connectivity index (χ4n) is 1.43. The van der Waals surface area contributed by atoms with Crippen LogP contribution in [0.2, 0.25) is 0 Å². The van der Waals surface area contributed by atoms with Crippen molar-refractivity contribution in [2.75, 3.05) is 0 Å². The fraction of sp³-hybridized carbons (Fsp3) is 0.200. The Bertz CT molecular complexity index is 445. The van der Waals surface area contributed by atoms with Gasteiger partial charge in [0.25, 0.3) is 0 Å². The summed E-state index contributed by atoms with van der Waals surface area (Å²) in [6, 6.07) is 7.73. The van der Waals surface area contributed by atoms with Gasteiger partial charge in [-0.1, -0.05) is 23.8 Å². The van der Waals surface area contributed by atoms with E-state index in [1.54, 1.807) is 0 Å². The Morgan fingerprint density at radius 2 is 2.08 bits per heavy atom. The zero-order valence-corrected chi connectivity index (χ0v) is 6.87. The van der Waals surface area contributed by atoms with Gasteiger partial charge in [0.15, 0.2) is 0 Å². The van der Waals surface area contributed by atoms with Crippen molar-refractivity contribution < 1.29 is 4.79 Å². The molecule has 0 aromatic heterocycles. The molecular formula is C10H9NO. The van der Waals surface area contributed by atoms with E-state index in [0.29, 0.717) is 6.42 Å².